The number of hydrogen-bond acceptors (Lipinski definition) is 7. The highest BCUT2D eigenvalue weighted by Crippen LogP contribution is 2.71. The molecular formula is C27H28O7. The van der Waals surface area contributed by atoms with Crippen molar-refractivity contribution in [3.8, 4) is 0 Å². The van der Waals surface area contributed by atoms with Gasteiger partial charge in [-0.15, -0.1) is 0 Å². The van der Waals surface area contributed by atoms with Crippen LogP contribution in [-0.4, -0.2) is 42.5 Å². The molecule has 178 valence electrons. The number of ether oxygens (including phenoxy) is 3. The second kappa shape index (κ2) is 6.80. The lowest BCUT2D eigenvalue weighted by Gasteiger charge is -2.61. The monoisotopic (exact) mass is 464 g/mol. The lowest BCUT2D eigenvalue weighted by molar-refractivity contribution is -0.244. The summed E-state index contributed by atoms with van der Waals surface area (Å²) in [6.07, 6.45) is 0.885. The predicted octanol–water partition coefficient (Wildman–Crippen LogP) is 3.27. The van der Waals surface area contributed by atoms with E-state index in [0.29, 0.717) is 36.8 Å². The molecule has 3 saturated carbocycles. The molecule has 0 radical (unpaired) electrons. The second-order valence-corrected chi connectivity index (χ2v) is 11.2. The first-order valence-corrected chi connectivity index (χ1v) is 12.0. The van der Waals surface area contributed by atoms with Gasteiger partial charge in [0.05, 0.1) is 16.9 Å². The van der Waals surface area contributed by atoms with Gasteiger partial charge < -0.3 is 14.2 Å². The molecule has 5 fully saturated rings. The lowest BCUT2D eigenvalue weighted by atomic mass is 9.43. The van der Waals surface area contributed by atoms with Crippen molar-refractivity contribution in [2.45, 2.75) is 51.7 Å². The maximum absolute atomic E-state index is 13.9. The zero-order chi connectivity index (χ0) is 24.0. The summed E-state index contributed by atoms with van der Waals surface area (Å²) in [5.74, 6) is -3.44. The fraction of sp³-hybridized carbons (Fsp3) is 0.556. The zero-order valence-corrected chi connectivity index (χ0v) is 19.4. The van der Waals surface area contributed by atoms with Gasteiger partial charge in [0.1, 0.15) is 18.8 Å². The van der Waals surface area contributed by atoms with E-state index in [2.05, 4.69) is 6.58 Å². The Bertz CT molecular complexity index is 1140. The highest BCUT2D eigenvalue weighted by Gasteiger charge is 2.81. The molecule has 2 heterocycles. The van der Waals surface area contributed by atoms with Crippen LogP contribution in [-0.2, 0) is 28.6 Å². The molecule has 2 aliphatic heterocycles. The average Bonchev–Trinajstić information content (AvgIpc) is 3.23. The third kappa shape index (κ3) is 2.38. The first-order chi connectivity index (χ1) is 16.2. The normalized spacial score (nSPS) is 41.6. The Morgan fingerprint density at radius 1 is 1.09 bits per heavy atom. The van der Waals surface area contributed by atoms with Crippen molar-refractivity contribution in [2.75, 3.05) is 6.61 Å². The van der Waals surface area contributed by atoms with Gasteiger partial charge in [0, 0.05) is 5.92 Å². The maximum atomic E-state index is 13.9. The number of esters is 3. The van der Waals surface area contributed by atoms with E-state index in [4.69, 9.17) is 14.2 Å². The van der Waals surface area contributed by atoms with E-state index in [1.807, 2.05) is 13.8 Å². The predicted molar refractivity (Wildman–Crippen MR) is 118 cm³/mol. The summed E-state index contributed by atoms with van der Waals surface area (Å²) in [6, 6.07) is 8.52. The van der Waals surface area contributed by atoms with E-state index in [1.54, 1.807) is 30.3 Å². The lowest BCUT2D eigenvalue weighted by Crippen LogP contribution is -2.71. The molecule has 34 heavy (non-hydrogen) atoms. The van der Waals surface area contributed by atoms with Crippen molar-refractivity contribution >= 4 is 23.7 Å². The van der Waals surface area contributed by atoms with Crippen LogP contribution < -0.4 is 0 Å². The Labute approximate surface area is 197 Å². The second-order valence-electron chi connectivity index (χ2n) is 11.2. The molecule has 2 bridgehead atoms. The Morgan fingerprint density at radius 2 is 1.82 bits per heavy atom. The third-order valence-electron chi connectivity index (χ3n) is 9.39. The number of fused-ring (bicyclic) bond motifs is 1. The molecule has 5 aliphatic rings. The van der Waals surface area contributed by atoms with Crippen molar-refractivity contribution in [1.29, 1.82) is 0 Å². The smallest absolute Gasteiger partial charge is 0.338 e. The molecule has 0 amide bonds. The SMILES string of the molecule is C=C1C(=O)[C@@]23C(=O)O[C@H]4CCC(C)(C)[C@H]5C(=O)OC[C@@]45[C@@H]2CC[C@@H]1[C@H]3OC(=O)c1ccccc1. The molecule has 2 spiro atoms. The molecule has 6 rings (SSSR count). The first kappa shape index (κ1) is 21.6. The number of hydrogen-bond donors (Lipinski definition) is 0. The van der Waals surface area contributed by atoms with Crippen LogP contribution in [0.1, 0.15) is 49.9 Å². The number of cyclic esters (lactones) is 1. The average molecular weight is 465 g/mol. The van der Waals surface area contributed by atoms with Crippen molar-refractivity contribution < 1.29 is 33.4 Å². The third-order valence-corrected chi connectivity index (χ3v) is 9.39. The standard InChI is InChI=1S/C27H28O7/c1-14-16-9-10-17-26-13-32-23(30)19(26)25(2,3)12-11-18(26)33-24(31)27(17,20(14)28)21(16)34-22(29)15-7-5-4-6-8-15/h4-8,16-19,21H,1,9-13H2,2-3H3/t16-,17-,18-,19+,21+,26+,27-/m0/s1. The topological polar surface area (TPSA) is 96.0 Å². The zero-order valence-electron chi connectivity index (χ0n) is 19.4. The minimum Gasteiger partial charge on any atom is -0.465 e. The van der Waals surface area contributed by atoms with Gasteiger partial charge in [0.2, 0.25) is 0 Å². The Morgan fingerprint density at radius 3 is 2.56 bits per heavy atom. The van der Waals surface area contributed by atoms with Gasteiger partial charge in [0.15, 0.2) is 11.2 Å². The molecular weight excluding hydrogens is 436 g/mol. The number of carbonyl (C=O) groups is 4. The van der Waals surface area contributed by atoms with Crippen molar-refractivity contribution in [1.82, 2.24) is 0 Å². The number of Topliss-reactive ketones (excluding diaryl/α,β-unsaturated/α-hetero) is 1. The van der Waals surface area contributed by atoms with Crippen molar-refractivity contribution in [2.24, 2.45) is 34.0 Å². The minimum atomic E-state index is -1.69. The van der Waals surface area contributed by atoms with Crippen molar-refractivity contribution in [3.63, 3.8) is 0 Å². The van der Waals surface area contributed by atoms with Gasteiger partial charge in [0.25, 0.3) is 0 Å². The highest BCUT2D eigenvalue weighted by molar-refractivity contribution is 6.16. The van der Waals surface area contributed by atoms with Gasteiger partial charge in [-0.1, -0.05) is 38.6 Å². The van der Waals surface area contributed by atoms with Crippen LogP contribution in [0, 0.1) is 34.0 Å². The van der Waals surface area contributed by atoms with Crippen LogP contribution in [0.3, 0.4) is 0 Å². The highest BCUT2D eigenvalue weighted by atomic mass is 16.6. The molecule has 1 aromatic rings. The molecule has 0 unspecified atom stereocenters. The number of benzene rings is 1. The maximum Gasteiger partial charge on any atom is 0.338 e. The summed E-state index contributed by atoms with van der Waals surface area (Å²) in [5.41, 5.74) is -2.25. The Hall–Kier alpha value is -2.96. The molecule has 2 saturated heterocycles. The van der Waals surface area contributed by atoms with Gasteiger partial charge in [-0.2, -0.15) is 0 Å². The summed E-state index contributed by atoms with van der Waals surface area (Å²) in [7, 11) is 0. The van der Waals surface area contributed by atoms with E-state index in [1.165, 1.54) is 0 Å². The van der Waals surface area contributed by atoms with Crippen LogP contribution >= 0.6 is 0 Å². The number of ketones is 1. The molecule has 3 aliphatic carbocycles. The fourth-order valence-corrected chi connectivity index (χ4v) is 8.04. The largest absolute Gasteiger partial charge is 0.465 e. The van der Waals surface area contributed by atoms with E-state index in [-0.39, 0.29) is 18.0 Å². The van der Waals surface area contributed by atoms with Gasteiger partial charge >= 0.3 is 17.9 Å². The summed E-state index contributed by atoms with van der Waals surface area (Å²) >= 11 is 0. The summed E-state index contributed by atoms with van der Waals surface area (Å²) in [4.78, 5) is 53.8. The number of rotatable bonds is 2. The minimum absolute atomic E-state index is 0.105. The van der Waals surface area contributed by atoms with E-state index in [9.17, 15) is 19.2 Å². The molecule has 0 aromatic heterocycles. The van der Waals surface area contributed by atoms with Crippen LogP contribution in [0.2, 0.25) is 0 Å². The van der Waals surface area contributed by atoms with Gasteiger partial charge in [-0.25, -0.2) is 4.79 Å². The molecule has 7 atom stereocenters. The van der Waals surface area contributed by atoms with Crippen LogP contribution in [0.15, 0.2) is 42.5 Å². The molecule has 7 nitrogen and oxygen atoms in total. The van der Waals surface area contributed by atoms with E-state index >= 15 is 0 Å². The Balaban J connectivity index is 1.50. The number of carbonyl (C=O) groups excluding carboxylic acids is 4. The van der Waals surface area contributed by atoms with Crippen LogP contribution in [0.5, 0.6) is 0 Å². The van der Waals surface area contributed by atoms with E-state index in [0.717, 1.165) is 0 Å². The van der Waals surface area contributed by atoms with Gasteiger partial charge in [-0.3, -0.25) is 14.4 Å². The van der Waals surface area contributed by atoms with Crippen LogP contribution in [0.25, 0.3) is 0 Å². The van der Waals surface area contributed by atoms with E-state index < -0.39 is 58.5 Å². The fourth-order valence-electron chi connectivity index (χ4n) is 8.04. The summed E-state index contributed by atoms with van der Waals surface area (Å²) < 4.78 is 17.7. The van der Waals surface area contributed by atoms with Crippen molar-refractivity contribution in [3.05, 3.63) is 48.0 Å². The molecule has 0 N–H and O–H groups in total. The quantitative estimate of drug-likeness (QED) is 0.287. The summed E-state index contributed by atoms with van der Waals surface area (Å²) in [5, 5.41) is 0. The van der Waals surface area contributed by atoms with Crippen LogP contribution in [0.4, 0.5) is 0 Å². The summed E-state index contributed by atoms with van der Waals surface area (Å²) in [6.45, 7) is 8.20. The molecule has 1 aromatic carbocycles. The molecule has 7 heteroatoms. The van der Waals surface area contributed by atoms with Gasteiger partial charge in [-0.05, 0) is 54.7 Å². The Kier molecular flexibility index (Phi) is 4.31. The first-order valence-electron chi connectivity index (χ1n) is 12.0.